The smallest absolute Gasteiger partial charge is 0.224 e. The second-order valence-electron chi connectivity index (χ2n) is 6.53. The van der Waals surface area contributed by atoms with E-state index in [9.17, 15) is 0 Å². The van der Waals surface area contributed by atoms with Crippen LogP contribution in [-0.4, -0.2) is 36.3 Å². The van der Waals surface area contributed by atoms with Gasteiger partial charge < -0.3 is 24.8 Å². The maximum atomic E-state index is 5.69. The molecule has 1 aromatic heterocycles. The molecule has 0 unspecified atom stereocenters. The van der Waals surface area contributed by atoms with E-state index < -0.39 is 0 Å². The molecule has 29 heavy (non-hydrogen) atoms. The Balaban J connectivity index is 1.47. The second-order valence-corrected chi connectivity index (χ2v) is 6.53. The van der Waals surface area contributed by atoms with Crippen molar-refractivity contribution in [2.75, 3.05) is 30.9 Å². The van der Waals surface area contributed by atoms with Gasteiger partial charge in [-0.2, -0.15) is 4.98 Å². The highest BCUT2D eigenvalue weighted by Crippen LogP contribution is 2.20. The molecule has 152 valence electrons. The number of methoxy groups -OCH3 is 1. The predicted octanol–water partition coefficient (Wildman–Crippen LogP) is 4.51. The van der Waals surface area contributed by atoms with Gasteiger partial charge in [-0.1, -0.05) is 0 Å². The van der Waals surface area contributed by atoms with Gasteiger partial charge in [0.2, 0.25) is 5.95 Å². The van der Waals surface area contributed by atoms with E-state index in [0.29, 0.717) is 24.9 Å². The lowest BCUT2D eigenvalue weighted by atomic mass is 10.3. The molecule has 0 aliphatic heterocycles. The van der Waals surface area contributed by atoms with Gasteiger partial charge in [-0.25, -0.2) is 4.98 Å². The molecule has 0 spiro atoms. The highest BCUT2D eigenvalue weighted by atomic mass is 16.5. The van der Waals surface area contributed by atoms with E-state index in [0.717, 1.165) is 22.9 Å². The van der Waals surface area contributed by atoms with Gasteiger partial charge in [-0.05, 0) is 68.4 Å². The number of ether oxygens (including phenoxy) is 3. The number of anilines is 3. The molecule has 0 saturated heterocycles. The molecule has 7 nitrogen and oxygen atoms in total. The Bertz CT molecular complexity index is 883. The van der Waals surface area contributed by atoms with Crippen LogP contribution < -0.4 is 24.8 Å². The maximum Gasteiger partial charge on any atom is 0.224 e. The third-order valence-electron chi connectivity index (χ3n) is 3.87. The van der Waals surface area contributed by atoms with Crippen molar-refractivity contribution in [1.29, 1.82) is 0 Å². The lowest BCUT2D eigenvalue weighted by molar-refractivity contribution is 0.242. The Morgan fingerprint density at radius 1 is 0.897 bits per heavy atom. The summed E-state index contributed by atoms with van der Waals surface area (Å²) in [7, 11) is 1.64. The minimum absolute atomic E-state index is 0.151. The molecule has 3 aromatic rings. The SMILES string of the molecule is COc1ccc(OCCNc2nccc(Nc3ccc(OC(C)C)cc3)n2)cc1. The van der Waals surface area contributed by atoms with Crippen LogP contribution in [0.2, 0.25) is 0 Å². The van der Waals surface area contributed by atoms with Crippen molar-refractivity contribution in [2.45, 2.75) is 20.0 Å². The van der Waals surface area contributed by atoms with Crippen LogP contribution in [0, 0.1) is 0 Å². The average Bonchev–Trinajstić information content (AvgIpc) is 2.73. The number of nitrogens with zero attached hydrogens (tertiary/aromatic N) is 2. The van der Waals surface area contributed by atoms with Crippen LogP contribution in [0.4, 0.5) is 17.5 Å². The van der Waals surface area contributed by atoms with Crippen molar-refractivity contribution in [2.24, 2.45) is 0 Å². The Morgan fingerprint density at radius 3 is 2.28 bits per heavy atom. The van der Waals surface area contributed by atoms with Crippen LogP contribution >= 0.6 is 0 Å². The van der Waals surface area contributed by atoms with E-state index in [2.05, 4.69) is 20.6 Å². The van der Waals surface area contributed by atoms with Gasteiger partial charge in [-0.3, -0.25) is 0 Å². The largest absolute Gasteiger partial charge is 0.497 e. The first-order valence-electron chi connectivity index (χ1n) is 9.50. The Labute approximate surface area is 171 Å². The maximum absolute atomic E-state index is 5.69. The molecule has 2 N–H and O–H groups in total. The average molecular weight is 394 g/mol. The van der Waals surface area contributed by atoms with Crippen LogP contribution in [-0.2, 0) is 0 Å². The minimum atomic E-state index is 0.151. The number of hydrogen-bond acceptors (Lipinski definition) is 7. The lowest BCUT2D eigenvalue weighted by Crippen LogP contribution is -2.13. The lowest BCUT2D eigenvalue weighted by Gasteiger charge is -2.11. The van der Waals surface area contributed by atoms with Gasteiger partial charge >= 0.3 is 0 Å². The van der Waals surface area contributed by atoms with E-state index in [1.165, 1.54) is 0 Å². The first-order valence-corrected chi connectivity index (χ1v) is 9.50. The van der Waals surface area contributed by atoms with Gasteiger partial charge in [0.05, 0.1) is 19.8 Å². The van der Waals surface area contributed by atoms with Gasteiger partial charge in [-0.15, -0.1) is 0 Å². The van der Waals surface area contributed by atoms with Crippen LogP contribution in [0.5, 0.6) is 17.2 Å². The summed E-state index contributed by atoms with van der Waals surface area (Å²) in [5, 5.41) is 6.42. The van der Waals surface area contributed by atoms with Crippen LogP contribution in [0.15, 0.2) is 60.8 Å². The highest BCUT2D eigenvalue weighted by molar-refractivity contribution is 5.57. The summed E-state index contributed by atoms with van der Waals surface area (Å²) >= 11 is 0. The summed E-state index contributed by atoms with van der Waals surface area (Å²) in [4.78, 5) is 8.71. The minimum Gasteiger partial charge on any atom is -0.497 e. The molecule has 0 atom stereocenters. The van der Waals surface area contributed by atoms with Gasteiger partial charge in [0, 0.05) is 11.9 Å². The molecular weight excluding hydrogens is 368 g/mol. The summed E-state index contributed by atoms with van der Waals surface area (Å²) in [6, 6.07) is 17.1. The Morgan fingerprint density at radius 2 is 1.59 bits per heavy atom. The van der Waals surface area contributed by atoms with E-state index in [1.807, 2.05) is 68.4 Å². The van der Waals surface area contributed by atoms with Crippen molar-refractivity contribution >= 4 is 17.5 Å². The first kappa shape index (κ1) is 20.3. The fourth-order valence-corrected chi connectivity index (χ4v) is 2.55. The van der Waals surface area contributed by atoms with E-state index >= 15 is 0 Å². The predicted molar refractivity (Wildman–Crippen MR) is 114 cm³/mol. The first-order chi connectivity index (χ1) is 14.1. The van der Waals surface area contributed by atoms with Gasteiger partial charge in [0.15, 0.2) is 0 Å². The molecule has 0 fully saturated rings. The van der Waals surface area contributed by atoms with Crippen molar-refractivity contribution in [1.82, 2.24) is 9.97 Å². The van der Waals surface area contributed by atoms with Crippen molar-refractivity contribution < 1.29 is 14.2 Å². The van der Waals surface area contributed by atoms with E-state index in [-0.39, 0.29) is 6.10 Å². The zero-order valence-electron chi connectivity index (χ0n) is 16.9. The van der Waals surface area contributed by atoms with Gasteiger partial charge in [0.25, 0.3) is 0 Å². The van der Waals surface area contributed by atoms with Crippen LogP contribution in [0.25, 0.3) is 0 Å². The second kappa shape index (κ2) is 10.2. The molecule has 1 heterocycles. The molecule has 0 radical (unpaired) electrons. The normalized spacial score (nSPS) is 10.5. The fourth-order valence-electron chi connectivity index (χ4n) is 2.55. The molecule has 0 bridgehead atoms. The monoisotopic (exact) mass is 394 g/mol. The highest BCUT2D eigenvalue weighted by Gasteiger charge is 2.02. The van der Waals surface area contributed by atoms with E-state index in [1.54, 1.807) is 13.3 Å². The Kier molecular flexibility index (Phi) is 7.10. The quantitative estimate of drug-likeness (QED) is 0.490. The molecular formula is C22H26N4O3. The molecule has 0 amide bonds. The Hall–Kier alpha value is -3.48. The summed E-state index contributed by atoms with van der Waals surface area (Å²) < 4.78 is 16.5. The van der Waals surface area contributed by atoms with Crippen LogP contribution in [0.3, 0.4) is 0 Å². The third-order valence-corrected chi connectivity index (χ3v) is 3.87. The molecule has 0 aliphatic rings. The summed E-state index contributed by atoms with van der Waals surface area (Å²) in [5.74, 6) is 3.67. The molecule has 0 saturated carbocycles. The zero-order chi connectivity index (χ0) is 20.5. The van der Waals surface area contributed by atoms with E-state index in [4.69, 9.17) is 14.2 Å². The molecule has 3 rings (SSSR count). The number of rotatable bonds is 10. The summed E-state index contributed by atoms with van der Waals surface area (Å²) in [6.07, 6.45) is 1.86. The van der Waals surface area contributed by atoms with Crippen molar-refractivity contribution in [3.63, 3.8) is 0 Å². The fraction of sp³-hybridized carbons (Fsp3) is 0.273. The summed E-state index contributed by atoms with van der Waals surface area (Å²) in [5.41, 5.74) is 0.925. The number of benzene rings is 2. The molecule has 2 aromatic carbocycles. The van der Waals surface area contributed by atoms with Crippen LogP contribution in [0.1, 0.15) is 13.8 Å². The van der Waals surface area contributed by atoms with Crippen molar-refractivity contribution in [3.05, 3.63) is 60.8 Å². The zero-order valence-corrected chi connectivity index (χ0v) is 16.9. The third kappa shape index (κ3) is 6.57. The van der Waals surface area contributed by atoms with Gasteiger partial charge in [0.1, 0.15) is 29.7 Å². The molecule has 0 aliphatic carbocycles. The summed E-state index contributed by atoms with van der Waals surface area (Å²) in [6.45, 7) is 5.08. The number of hydrogen-bond donors (Lipinski definition) is 2. The van der Waals surface area contributed by atoms with Crippen molar-refractivity contribution in [3.8, 4) is 17.2 Å². The number of aromatic nitrogens is 2. The number of nitrogens with one attached hydrogen (secondary N) is 2. The standard InChI is InChI=1S/C22H26N4O3/c1-16(2)29-20-6-4-17(5-7-20)25-21-12-13-23-22(26-21)24-14-15-28-19-10-8-18(27-3)9-11-19/h4-13,16H,14-15H2,1-3H3,(H2,23,24,25,26). The topological polar surface area (TPSA) is 77.5 Å². The molecule has 7 heteroatoms.